The number of rotatable bonds is 6. The summed E-state index contributed by atoms with van der Waals surface area (Å²) in [5.74, 6) is 0.704. The van der Waals surface area contributed by atoms with Gasteiger partial charge in [-0.3, -0.25) is 0 Å². The highest BCUT2D eigenvalue weighted by atomic mass is 15.0. The summed E-state index contributed by atoms with van der Waals surface area (Å²) in [6, 6.07) is 77.3. The molecule has 12 aromatic rings. The largest absolute Gasteiger partial charge is 0.307 e. The number of fused-ring (bicyclic) bond motifs is 8. The molecular formula is C57H36N4. The summed E-state index contributed by atoms with van der Waals surface area (Å²) in [7, 11) is 0. The molecule has 0 unspecified atom stereocenters. The van der Waals surface area contributed by atoms with Crippen molar-refractivity contribution in [1.82, 2.24) is 19.5 Å². The van der Waals surface area contributed by atoms with Crippen molar-refractivity contribution in [3.05, 3.63) is 218 Å². The van der Waals surface area contributed by atoms with Gasteiger partial charge >= 0.3 is 0 Å². The van der Waals surface area contributed by atoms with Gasteiger partial charge in [0.05, 0.1) is 33.6 Å². The highest BCUT2D eigenvalue weighted by Gasteiger charge is 2.20. The summed E-state index contributed by atoms with van der Waals surface area (Å²) in [6.45, 7) is 0. The predicted octanol–water partition coefficient (Wildman–Crippen LogP) is 14.8. The Kier molecular flexibility index (Phi) is 8.13. The van der Waals surface area contributed by atoms with Gasteiger partial charge in [0.25, 0.3) is 0 Å². The van der Waals surface area contributed by atoms with Gasteiger partial charge < -0.3 is 4.57 Å². The molecule has 0 aliphatic rings. The zero-order chi connectivity index (χ0) is 40.3. The molecule has 0 saturated carbocycles. The molecule has 0 saturated heterocycles. The molecule has 61 heavy (non-hydrogen) atoms. The lowest BCUT2D eigenvalue weighted by molar-refractivity contribution is 1.18. The van der Waals surface area contributed by atoms with Crippen molar-refractivity contribution in [2.45, 2.75) is 0 Å². The summed E-state index contributed by atoms with van der Waals surface area (Å²) in [5, 5.41) is 8.20. The van der Waals surface area contributed by atoms with Crippen LogP contribution in [0.25, 0.3) is 116 Å². The first kappa shape index (κ1) is 34.8. The van der Waals surface area contributed by atoms with Gasteiger partial charge in [0.15, 0.2) is 5.82 Å². The van der Waals surface area contributed by atoms with Crippen LogP contribution in [0.4, 0.5) is 0 Å². The van der Waals surface area contributed by atoms with E-state index in [4.69, 9.17) is 15.0 Å². The molecule has 0 spiro atoms. The molecule has 284 valence electrons. The van der Waals surface area contributed by atoms with Gasteiger partial charge in [-0.25, -0.2) is 15.0 Å². The van der Waals surface area contributed by atoms with Crippen LogP contribution in [0, 0.1) is 0 Å². The van der Waals surface area contributed by atoms with Gasteiger partial charge in [-0.15, -0.1) is 0 Å². The Balaban J connectivity index is 1.02. The number of benzene rings is 9. The smallest absolute Gasteiger partial charge is 0.160 e. The Morgan fingerprint density at radius 3 is 1.70 bits per heavy atom. The van der Waals surface area contributed by atoms with Gasteiger partial charge in [0, 0.05) is 49.5 Å². The van der Waals surface area contributed by atoms with Crippen LogP contribution >= 0.6 is 0 Å². The van der Waals surface area contributed by atoms with E-state index in [-0.39, 0.29) is 0 Å². The monoisotopic (exact) mass is 776 g/mol. The number of para-hydroxylation sites is 1. The van der Waals surface area contributed by atoms with Crippen LogP contribution in [0.2, 0.25) is 0 Å². The number of nitrogens with zero attached hydrogens (tertiary/aromatic N) is 4. The molecule has 12 rings (SSSR count). The highest BCUT2D eigenvalue weighted by Crippen LogP contribution is 2.42. The van der Waals surface area contributed by atoms with E-state index >= 15 is 0 Å². The summed E-state index contributed by atoms with van der Waals surface area (Å²) >= 11 is 0. The van der Waals surface area contributed by atoms with E-state index in [0.29, 0.717) is 5.82 Å². The average Bonchev–Trinajstić information content (AvgIpc) is 3.68. The zero-order valence-electron chi connectivity index (χ0n) is 33.1. The second kappa shape index (κ2) is 14.3. The van der Waals surface area contributed by atoms with Crippen molar-refractivity contribution in [3.8, 4) is 62.0 Å². The molecule has 0 aliphatic heterocycles. The Morgan fingerprint density at radius 2 is 0.918 bits per heavy atom. The molecular weight excluding hydrogens is 741 g/mol. The summed E-state index contributed by atoms with van der Waals surface area (Å²) in [5.41, 5.74) is 13.6. The predicted molar refractivity (Wildman–Crippen MR) is 254 cm³/mol. The molecule has 9 aromatic carbocycles. The molecule has 0 bridgehead atoms. The van der Waals surface area contributed by atoms with Crippen molar-refractivity contribution in [1.29, 1.82) is 0 Å². The van der Waals surface area contributed by atoms with Gasteiger partial charge in [0.1, 0.15) is 0 Å². The third-order valence-corrected chi connectivity index (χ3v) is 12.0. The van der Waals surface area contributed by atoms with Crippen LogP contribution in [-0.4, -0.2) is 19.5 Å². The molecule has 4 nitrogen and oxygen atoms in total. The number of hydrogen-bond donors (Lipinski definition) is 0. The minimum atomic E-state index is 0.704. The van der Waals surface area contributed by atoms with Crippen molar-refractivity contribution < 1.29 is 0 Å². The van der Waals surface area contributed by atoms with E-state index in [2.05, 4.69) is 205 Å². The summed E-state index contributed by atoms with van der Waals surface area (Å²) < 4.78 is 2.40. The molecule has 0 N–H and O–H groups in total. The lowest BCUT2D eigenvalue weighted by Crippen LogP contribution is -1.97. The van der Waals surface area contributed by atoms with Gasteiger partial charge in [-0.05, 0) is 51.6 Å². The first-order valence-electron chi connectivity index (χ1n) is 20.7. The van der Waals surface area contributed by atoms with E-state index in [0.717, 1.165) is 83.5 Å². The van der Waals surface area contributed by atoms with Crippen molar-refractivity contribution >= 4 is 54.3 Å². The minimum Gasteiger partial charge on any atom is -0.307 e. The second-order valence-corrected chi connectivity index (χ2v) is 15.6. The Bertz CT molecular complexity index is 3610. The molecule has 0 aliphatic carbocycles. The van der Waals surface area contributed by atoms with Gasteiger partial charge in [0.2, 0.25) is 0 Å². The van der Waals surface area contributed by atoms with E-state index in [1.807, 2.05) is 18.2 Å². The van der Waals surface area contributed by atoms with Crippen LogP contribution in [0.3, 0.4) is 0 Å². The average molecular weight is 777 g/mol. The van der Waals surface area contributed by atoms with Crippen LogP contribution in [-0.2, 0) is 0 Å². The number of aromatic nitrogens is 4. The van der Waals surface area contributed by atoms with Gasteiger partial charge in [-0.2, -0.15) is 0 Å². The fourth-order valence-corrected chi connectivity index (χ4v) is 9.09. The third kappa shape index (κ3) is 5.88. The van der Waals surface area contributed by atoms with Crippen LogP contribution in [0.15, 0.2) is 218 Å². The Morgan fingerprint density at radius 1 is 0.328 bits per heavy atom. The topological polar surface area (TPSA) is 43.6 Å². The van der Waals surface area contributed by atoms with Crippen molar-refractivity contribution in [3.63, 3.8) is 0 Å². The SMILES string of the molecule is c1ccc(-c2nc(-c3ccc(-c4ccc5c6ccc7c8ccccc8c(-c8ccccc8)nc7c6n(-c6ccccc6)c5c4)cc3)cc(-c3cccc4ccccc34)n2)cc1. The minimum absolute atomic E-state index is 0.704. The van der Waals surface area contributed by atoms with Crippen LogP contribution in [0.5, 0.6) is 0 Å². The maximum atomic E-state index is 5.54. The molecule has 0 fully saturated rings. The number of pyridine rings is 1. The molecule has 0 radical (unpaired) electrons. The Labute approximate surface area is 352 Å². The Hall–Kier alpha value is -8.21. The third-order valence-electron chi connectivity index (χ3n) is 12.0. The zero-order valence-corrected chi connectivity index (χ0v) is 33.1. The highest BCUT2D eigenvalue weighted by molar-refractivity contribution is 6.23. The normalized spacial score (nSPS) is 11.6. The fraction of sp³-hybridized carbons (Fsp3) is 0. The summed E-state index contributed by atoms with van der Waals surface area (Å²) in [6.07, 6.45) is 0. The summed E-state index contributed by atoms with van der Waals surface area (Å²) in [4.78, 5) is 15.8. The lowest BCUT2D eigenvalue weighted by atomic mass is 9.98. The first-order chi connectivity index (χ1) is 30.2. The first-order valence-corrected chi connectivity index (χ1v) is 20.7. The van der Waals surface area contributed by atoms with E-state index in [1.165, 1.54) is 26.9 Å². The van der Waals surface area contributed by atoms with Crippen LogP contribution < -0.4 is 0 Å². The number of hydrogen-bond acceptors (Lipinski definition) is 3. The van der Waals surface area contributed by atoms with Crippen molar-refractivity contribution in [2.75, 3.05) is 0 Å². The van der Waals surface area contributed by atoms with Gasteiger partial charge in [-0.1, -0.05) is 194 Å². The molecule has 3 heterocycles. The van der Waals surface area contributed by atoms with E-state index in [1.54, 1.807) is 0 Å². The maximum absolute atomic E-state index is 5.54. The quantitative estimate of drug-likeness (QED) is 0.158. The molecule has 4 heteroatoms. The standard InChI is InChI=1S/C57H36N4/c1-4-16-40(17-5-1)54-48-25-13-12-24-45(48)49-33-34-50-47-32-31-42(35-53(47)61(56(50)55(49)60-54)43-21-8-3-9-22-43)37-27-29-39(30-28-37)51-36-52(59-57(58-51)41-18-6-2-7-19-41)46-26-14-20-38-15-10-11-23-44(38)46/h1-36H. The maximum Gasteiger partial charge on any atom is 0.160 e. The fourth-order valence-electron chi connectivity index (χ4n) is 9.09. The second-order valence-electron chi connectivity index (χ2n) is 15.6. The molecule has 3 aromatic heterocycles. The van der Waals surface area contributed by atoms with Crippen molar-refractivity contribution in [2.24, 2.45) is 0 Å². The van der Waals surface area contributed by atoms with E-state index in [9.17, 15) is 0 Å². The lowest BCUT2D eigenvalue weighted by Gasteiger charge is -2.13. The molecule has 0 amide bonds. The van der Waals surface area contributed by atoms with E-state index < -0.39 is 0 Å². The van der Waals surface area contributed by atoms with Crippen LogP contribution in [0.1, 0.15) is 0 Å². The molecule has 0 atom stereocenters.